The second-order valence-corrected chi connectivity index (χ2v) is 3.45. The van der Waals surface area contributed by atoms with Gasteiger partial charge in [0.1, 0.15) is 0 Å². The molecule has 1 aromatic rings. The number of benzene rings is 1. The van der Waals surface area contributed by atoms with Crippen molar-refractivity contribution < 1.29 is 19.7 Å². The lowest BCUT2D eigenvalue weighted by Crippen LogP contribution is -1.97. The molecule has 0 spiro atoms. The minimum atomic E-state index is -0.182. The molecule has 4 nitrogen and oxygen atoms in total. The van der Waals surface area contributed by atoms with Crippen molar-refractivity contribution in [2.45, 2.75) is 6.61 Å². The molecule has 0 aliphatic heterocycles. The molecule has 1 aromatic carbocycles. The Kier molecular flexibility index (Phi) is 3.60. The van der Waals surface area contributed by atoms with Crippen molar-refractivity contribution in [3.63, 3.8) is 0 Å². The number of methoxy groups -OCH3 is 2. The highest BCUT2D eigenvalue weighted by Crippen LogP contribution is 2.44. The maximum absolute atomic E-state index is 9.60. The molecule has 1 rings (SSSR count). The van der Waals surface area contributed by atoms with Crippen LogP contribution < -0.4 is 9.47 Å². The number of aromatic hydroxyl groups is 1. The average molecular weight is 263 g/mol. The third-order valence-electron chi connectivity index (χ3n) is 1.82. The molecule has 0 fully saturated rings. The van der Waals surface area contributed by atoms with Gasteiger partial charge in [-0.3, -0.25) is 0 Å². The molecule has 0 heterocycles. The number of hydrogen-bond donors (Lipinski definition) is 2. The summed E-state index contributed by atoms with van der Waals surface area (Å²) in [6.45, 7) is -0.182. The first-order valence-corrected chi connectivity index (χ1v) is 4.68. The zero-order valence-corrected chi connectivity index (χ0v) is 9.46. The van der Waals surface area contributed by atoms with Crippen molar-refractivity contribution in [3.8, 4) is 17.2 Å². The molecule has 2 N–H and O–H groups in total. The predicted octanol–water partition coefficient (Wildman–Crippen LogP) is 1.66. The number of hydrogen-bond acceptors (Lipinski definition) is 4. The van der Waals surface area contributed by atoms with Gasteiger partial charge in [-0.25, -0.2) is 0 Å². The summed E-state index contributed by atoms with van der Waals surface area (Å²) >= 11 is 3.15. The number of ether oxygens (including phenoxy) is 2. The second kappa shape index (κ2) is 4.52. The first-order valence-electron chi connectivity index (χ1n) is 3.88. The number of phenols is 1. The smallest absolute Gasteiger partial charge is 0.204 e. The fourth-order valence-electron chi connectivity index (χ4n) is 1.18. The number of phenolic OH excluding ortho intramolecular Hbond substituents is 1. The Morgan fingerprint density at radius 2 is 1.86 bits per heavy atom. The van der Waals surface area contributed by atoms with Crippen molar-refractivity contribution in [1.29, 1.82) is 0 Å². The molecule has 0 amide bonds. The number of aliphatic hydroxyl groups excluding tert-OH is 1. The molecule has 14 heavy (non-hydrogen) atoms. The molecule has 0 saturated carbocycles. The van der Waals surface area contributed by atoms with E-state index >= 15 is 0 Å². The number of halogens is 1. The SMILES string of the molecule is COc1c(CO)cc(Br)c(O)c1OC. The van der Waals surface area contributed by atoms with Gasteiger partial charge in [0, 0.05) is 5.56 Å². The minimum Gasteiger partial charge on any atom is -0.503 e. The summed E-state index contributed by atoms with van der Waals surface area (Å²) in [5, 5.41) is 18.6. The zero-order chi connectivity index (χ0) is 10.7. The first-order chi connectivity index (χ1) is 6.65. The van der Waals surface area contributed by atoms with Crippen LogP contribution in [0.25, 0.3) is 0 Å². The topological polar surface area (TPSA) is 58.9 Å². The minimum absolute atomic E-state index is 0.0402. The Labute approximate surface area is 90.2 Å². The molecule has 0 unspecified atom stereocenters. The molecule has 0 aliphatic carbocycles. The summed E-state index contributed by atoms with van der Waals surface area (Å²) in [5.41, 5.74) is 0.550. The quantitative estimate of drug-likeness (QED) is 0.870. The first kappa shape index (κ1) is 11.1. The molecule has 0 radical (unpaired) electrons. The van der Waals surface area contributed by atoms with Gasteiger partial charge in [-0.05, 0) is 22.0 Å². The molecule has 78 valence electrons. The standard InChI is InChI=1S/C9H11BrO4/c1-13-8-5(4-11)3-6(10)7(12)9(8)14-2/h3,11-12H,4H2,1-2H3. The molecular formula is C9H11BrO4. The number of rotatable bonds is 3. The number of aliphatic hydroxyl groups is 1. The molecule has 0 atom stereocenters. The van der Waals surface area contributed by atoms with Crippen LogP contribution in [0.15, 0.2) is 10.5 Å². The summed E-state index contributed by atoms with van der Waals surface area (Å²) in [6, 6.07) is 1.58. The van der Waals surface area contributed by atoms with Gasteiger partial charge in [0.05, 0.1) is 25.3 Å². The van der Waals surface area contributed by atoms with Crippen LogP contribution in [0.4, 0.5) is 0 Å². The molecule has 0 saturated heterocycles. The van der Waals surface area contributed by atoms with Crippen LogP contribution in [-0.2, 0) is 6.61 Å². The van der Waals surface area contributed by atoms with Crippen molar-refractivity contribution in [2.75, 3.05) is 14.2 Å². The Morgan fingerprint density at radius 1 is 1.29 bits per heavy atom. The highest BCUT2D eigenvalue weighted by Gasteiger charge is 2.17. The van der Waals surface area contributed by atoms with Crippen molar-refractivity contribution in [3.05, 3.63) is 16.1 Å². The Balaban J connectivity index is 3.42. The lowest BCUT2D eigenvalue weighted by molar-refractivity contribution is 0.267. The van der Waals surface area contributed by atoms with Crippen LogP contribution in [0.3, 0.4) is 0 Å². The molecule has 0 aliphatic rings. The summed E-state index contributed by atoms with van der Waals surface area (Å²) in [7, 11) is 2.87. The Hall–Kier alpha value is -0.940. The fourth-order valence-corrected chi connectivity index (χ4v) is 1.64. The maximum Gasteiger partial charge on any atom is 0.204 e. The van der Waals surface area contributed by atoms with Gasteiger partial charge in [0.25, 0.3) is 0 Å². The van der Waals surface area contributed by atoms with E-state index in [1.54, 1.807) is 6.07 Å². The van der Waals surface area contributed by atoms with Gasteiger partial charge in [-0.15, -0.1) is 0 Å². The van der Waals surface area contributed by atoms with E-state index in [1.165, 1.54) is 14.2 Å². The third-order valence-corrected chi connectivity index (χ3v) is 2.42. The van der Waals surface area contributed by atoms with E-state index in [1.807, 2.05) is 0 Å². The zero-order valence-electron chi connectivity index (χ0n) is 7.87. The third kappa shape index (κ3) is 1.78. The van der Waals surface area contributed by atoms with Gasteiger partial charge >= 0.3 is 0 Å². The highest BCUT2D eigenvalue weighted by molar-refractivity contribution is 9.10. The highest BCUT2D eigenvalue weighted by atomic mass is 79.9. The molecular weight excluding hydrogens is 252 g/mol. The Bertz CT molecular complexity index is 338. The van der Waals surface area contributed by atoms with Crippen LogP contribution in [0.5, 0.6) is 17.2 Å². The van der Waals surface area contributed by atoms with Gasteiger partial charge in [-0.1, -0.05) is 0 Å². The van der Waals surface area contributed by atoms with E-state index in [0.29, 0.717) is 15.8 Å². The van der Waals surface area contributed by atoms with Gasteiger partial charge in [0.2, 0.25) is 5.75 Å². The van der Waals surface area contributed by atoms with Gasteiger partial charge in [-0.2, -0.15) is 0 Å². The Morgan fingerprint density at radius 3 is 2.29 bits per heavy atom. The van der Waals surface area contributed by atoms with Gasteiger partial charge in [0.15, 0.2) is 11.5 Å². The van der Waals surface area contributed by atoms with Crippen molar-refractivity contribution in [1.82, 2.24) is 0 Å². The van der Waals surface area contributed by atoms with Gasteiger partial charge < -0.3 is 19.7 Å². The van der Waals surface area contributed by atoms with E-state index in [4.69, 9.17) is 14.6 Å². The van der Waals surface area contributed by atoms with Crippen molar-refractivity contribution in [2.24, 2.45) is 0 Å². The lowest BCUT2D eigenvalue weighted by Gasteiger charge is -2.13. The van der Waals surface area contributed by atoms with Crippen LogP contribution in [0, 0.1) is 0 Å². The average Bonchev–Trinajstić information content (AvgIpc) is 2.20. The maximum atomic E-state index is 9.60. The summed E-state index contributed by atoms with van der Waals surface area (Å²) in [6.07, 6.45) is 0. The van der Waals surface area contributed by atoms with Crippen LogP contribution >= 0.6 is 15.9 Å². The molecule has 0 aromatic heterocycles. The van der Waals surface area contributed by atoms with Crippen LogP contribution in [0.2, 0.25) is 0 Å². The second-order valence-electron chi connectivity index (χ2n) is 2.59. The fraction of sp³-hybridized carbons (Fsp3) is 0.333. The predicted molar refractivity (Wildman–Crippen MR) is 54.8 cm³/mol. The molecule has 0 bridgehead atoms. The van der Waals surface area contributed by atoms with E-state index in [9.17, 15) is 5.11 Å². The lowest BCUT2D eigenvalue weighted by atomic mass is 10.2. The normalized spacial score (nSPS) is 10.0. The van der Waals surface area contributed by atoms with Crippen LogP contribution in [0.1, 0.15) is 5.56 Å². The van der Waals surface area contributed by atoms with Crippen molar-refractivity contribution >= 4 is 15.9 Å². The monoisotopic (exact) mass is 262 g/mol. The summed E-state index contributed by atoms with van der Waals surface area (Å²) < 4.78 is 10.5. The largest absolute Gasteiger partial charge is 0.503 e. The van der Waals surface area contributed by atoms with E-state index < -0.39 is 0 Å². The summed E-state index contributed by atoms with van der Waals surface area (Å²) in [5.74, 6) is 0.517. The van der Waals surface area contributed by atoms with E-state index in [0.717, 1.165) is 0 Å². The molecule has 5 heteroatoms. The van der Waals surface area contributed by atoms with E-state index in [-0.39, 0.29) is 18.1 Å². The van der Waals surface area contributed by atoms with E-state index in [2.05, 4.69) is 15.9 Å². The van der Waals surface area contributed by atoms with Crippen LogP contribution in [-0.4, -0.2) is 24.4 Å². The summed E-state index contributed by atoms with van der Waals surface area (Å²) in [4.78, 5) is 0.